The molecule has 0 bridgehead atoms. The molecule has 0 radical (unpaired) electrons. The Morgan fingerprint density at radius 3 is 2.07 bits per heavy atom. The van der Waals surface area contributed by atoms with Gasteiger partial charge in [0.1, 0.15) is 0 Å². The highest BCUT2D eigenvalue weighted by atomic mass is 32.1. The van der Waals surface area contributed by atoms with E-state index >= 15 is 0 Å². The molecule has 2 aromatic heterocycles. The van der Waals surface area contributed by atoms with E-state index in [-0.39, 0.29) is 5.41 Å². The van der Waals surface area contributed by atoms with Crippen LogP contribution in [0.3, 0.4) is 0 Å². The van der Waals surface area contributed by atoms with Gasteiger partial charge in [-0.05, 0) is 36.8 Å². The van der Waals surface area contributed by atoms with Gasteiger partial charge in [-0.2, -0.15) is 31.4 Å². The van der Waals surface area contributed by atoms with E-state index in [1.807, 2.05) is 48.3 Å². The van der Waals surface area contributed by atoms with Crippen LogP contribution < -0.4 is 0 Å². The van der Waals surface area contributed by atoms with E-state index in [0.717, 1.165) is 52.1 Å². The lowest BCUT2D eigenvalue weighted by Crippen LogP contribution is -2.47. The van der Waals surface area contributed by atoms with Gasteiger partial charge in [-0.25, -0.2) is 9.59 Å². The van der Waals surface area contributed by atoms with E-state index < -0.39 is 24.3 Å². The van der Waals surface area contributed by atoms with E-state index in [4.69, 9.17) is 19.8 Å². The van der Waals surface area contributed by atoms with Crippen molar-refractivity contribution in [3.05, 3.63) is 40.3 Å². The molecule has 0 saturated carbocycles. The van der Waals surface area contributed by atoms with Crippen LogP contribution in [-0.4, -0.2) is 105 Å². The number of hydrogen-bond donors (Lipinski definition) is 2. The second-order valence-electron chi connectivity index (χ2n) is 10.3. The molecule has 2 aliphatic heterocycles. The maximum absolute atomic E-state index is 13.3. The molecule has 10 nitrogen and oxygen atoms in total. The first-order chi connectivity index (χ1) is 19.3. The van der Waals surface area contributed by atoms with Gasteiger partial charge < -0.3 is 15.1 Å². The molecule has 4 heterocycles. The minimum absolute atomic E-state index is 0.254. The van der Waals surface area contributed by atoms with Crippen molar-refractivity contribution in [2.45, 2.75) is 38.3 Å². The summed E-state index contributed by atoms with van der Waals surface area (Å²) in [5.41, 5.74) is 0.970. The summed E-state index contributed by atoms with van der Waals surface area (Å²) >= 11 is 1.83. The highest BCUT2D eigenvalue weighted by molar-refractivity contribution is 7.09. The number of fused-ring (bicyclic) bond motifs is 1. The molecule has 42 heavy (non-hydrogen) atoms. The molecule has 0 aliphatic carbocycles. The Bertz CT molecular complexity index is 1160. The number of aryl methyl sites for hydroxylation is 1. The number of thiophene rings is 1. The summed E-state index contributed by atoms with van der Waals surface area (Å²) in [5.74, 6) is -4.83. The van der Waals surface area contributed by atoms with Crippen molar-refractivity contribution in [2.24, 2.45) is 18.4 Å². The van der Waals surface area contributed by atoms with E-state index in [1.165, 1.54) is 10.4 Å². The SMILES string of the molecule is CN(C)C(=O)[C@]12CCCN(Cc3cccs3)C[C@H]1CN(Cc1cnn(C)c1)C2.O=C(O)C(F)(F)F.O=C(O)C(F)(F)F. The van der Waals surface area contributed by atoms with E-state index in [1.54, 1.807) is 0 Å². The maximum atomic E-state index is 13.3. The van der Waals surface area contributed by atoms with Gasteiger partial charge in [0.25, 0.3) is 0 Å². The molecule has 0 spiro atoms. The Hall–Kier alpha value is -3.18. The Morgan fingerprint density at radius 2 is 1.62 bits per heavy atom. The zero-order valence-corrected chi connectivity index (χ0v) is 24.0. The first-order valence-corrected chi connectivity index (χ1v) is 13.5. The summed E-state index contributed by atoms with van der Waals surface area (Å²) in [4.78, 5) is 39.4. The van der Waals surface area contributed by atoms with Crippen molar-refractivity contribution in [2.75, 3.05) is 40.3 Å². The normalized spacial score (nSPS) is 21.2. The van der Waals surface area contributed by atoms with Crippen molar-refractivity contribution in [1.29, 1.82) is 0 Å². The number of nitrogens with zero attached hydrogens (tertiary/aromatic N) is 5. The first-order valence-electron chi connectivity index (χ1n) is 12.6. The number of halogens is 6. The van der Waals surface area contributed by atoms with Crippen LogP contribution in [0.1, 0.15) is 23.3 Å². The molecule has 2 atom stereocenters. The molecule has 1 amide bonds. The summed E-state index contributed by atoms with van der Waals surface area (Å²) in [6, 6.07) is 4.35. The topological polar surface area (TPSA) is 119 Å². The number of rotatable bonds is 5. The van der Waals surface area contributed by atoms with E-state index in [0.29, 0.717) is 11.8 Å². The fourth-order valence-corrected chi connectivity index (χ4v) is 5.86. The number of hydrogen-bond acceptors (Lipinski definition) is 7. The molecule has 4 rings (SSSR count). The van der Waals surface area contributed by atoms with E-state index in [2.05, 4.69) is 38.6 Å². The largest absolute Gasteiger partial charge is 0.490 e. The van der Waals surface area contributed by atoms with Crippen molar-refractivity contribution in [1.82, 2.24) is 24.5 Å². The van der Waals surface area contributed by atoms with Crippen LogP contribution in [0.5, 0.6) is 0 Å². The highest BCUT2D eigenvalue weighted by Crippen LogP contribution is 2.44. The Balaban J connectivity index is 0.000000367. The van der Waals surface area contributed by atoms with Gasteiger partial charge >= 0.3 is 24.3 Å². The van der Waals surface area contributed by atoms with Crippen molar-refractivity contribution < 1.29 is 50.9 Å². The van der Waals surface area contributed by atoms with Gasteiger partial charge in [0, 0.05) is 70.5 Å². The van der Waals surface area contributed by atoms with Crippen molar-refractivity contribution in [3.8, 4) is 0 Å². The lowest BCUT2D eigenvalue weighted by atomic mass is 9.74. The third-order valence-corrected chi connectivity index (χ3v) is 7.64. The van der Waals surface area contributed by atoms with Gasteiger partial charge in [0.05, 0.1) is 11.6 Å². The molecule has 0 aromatic carbocycles. The monoisotopic (exact) mass is 629 g/mol. The molecule has 2 N–H and O–H groups in total. The molecule has 2 fully saturated rings. The smallest absolute Gasteiger partial charge is 0.475 e. The number of carbonyl (C=O) groups excluding carboxylic acids is 1. The van der Waals surface area contributed by atoms with Gasteiger partial charge in [0.15, 0.2) is 0 Å². The lowest BCUT2D eigenvalue weighted by molar-refractivity contribution is -0.193. The summed E-state index contributed by atoms with van der Waals surface area (Å²) < 4.78 is 65.3. The Kier molecular flexibility index (Phi) is 11.9. The Morgan fingerprint density at radius 1 is 1.05 bits per heavy atom. The predicted molar refractivity (Wildman–Crippen MR) is 139 cm³/mol. The van der Waals surface area contributed by atoms with Crippen LogP contribution in [0.2, 0.25) is 0 Å². The van der Waals surface area contributed by atoms with Gasteiger partial charge in [0.2, 0.25) is 5.91 Å². The molecule has 2 aromatic rings. The van der Waals surface area contributed by atoms with Crippen molar-refractivity contribution >= 4 is 29.2 Å². The molecule has 0 unspecified atom stereocenters. The number of likely N-dealkylation sites (tertiary alicyclic amines) is 2. The number of alkyl halides is 6. The molecule has 2 aliphatic rings. The van der Waals surface area contributed by atoms with Gasteiger partial charge in [-0.1, -0.05) is 6.07 Å². The lowest BCUT2D eigenvalue weighted by Gasteiger charge is -2.35. The van der Waals surface area contributed by atoms with Crippen LogP contribution in [-0.2, 0) is 34.5 Å². The fraction of sp³-hybridized carbons (Fsp3) is 0.600. The van der Waals surface area contributed by atoms with Crippen molar-refractivity contribution in [3.63, 3.8) is 0 Å². The standard InChI is InChI=1S/C21H31N5OS.2C2HF3O2/c1-23(2)20(27)21-7-5-8-25(15-19-6-4-9-28-19)13-18(21)14-26(16-21)12-17-10-22-24(3)11-17;2*3-2(4,5)1(6)7/h4,6,9-11,18H,5,7-8,12-16H2,1-3H3;2*(H,6,7)/t18-,21-;;/m0../s1. The zero-order chi connectivity index (χ0) is 31.9. The number of amides is 1. The zero-order valence-electron chi connectivity index (χ0n) is 23.2. The average Bonchev–Trinajstić information content (AvgIpc) is 3.58. The second kappa shape index (κ2) is 14.3. The van der Waals surface area contributed by atoms with Crippen LogP contribution in [0.15, 0.2) is 29.9 Å². The molecule has 17 heteroatoms. The summed E-state index contributed by atoms with van der Waals surface area (Å²) in [5, 5.41) is 20.7. The molecular formula is C25H33F6N5O5S. The minimum atomic E-state index is -5.08. The number of aliphatic carboxylic acids is 2. The fourth-order valence-electron chi connectivity index (χ4n) is 5.11. The number of carboxylic acid groups (broad SMARTS) is 2. The number of aromatic nitrogens is 2. The summed E-state index contributed by atoms with van der Waals surface area (Å²) in [7, 11) is 5.77. The van der Waals surface area contributed by atoms with E-state index in [9.17, 15) is 31.1 Å². The second-order valence-corrected chi connectivity index (χ2v) is 11.3. The van der Waals surface area contributed by atoms with Gasteiger partial charge in [-0.3, -0.25) is 19.3 Å². The van der Waals surface area contributed by atoms with Crippen LogP contribution in [0, 0.1) is 11.3 Å². The number of carbonyl (C=O) groups is 3. The van der Waals surface area contributed by atoms with Crippen LogP contribution >= 0.6 is 11.3 Å². The molecular weight excluding hydrogens is 596 g/mol. The number of carboxylic acids is 2. The average molecular weight is 630 g/mol. The molecule has 236 valence electrons. The highest BCUT2D eigenvalue weighted by Gasteiger charge is 2.53. The van der Waals surface area contributed by atoms with Gasteiger partial charge in [-0.15, -0.1) is 11.3 Å². The third kappa shape index (κ3) is 9.97. The molecule has 2 saturated heterocycles. The minimum Gasteiger partial charge on any atom is -0.475 e. The third-order valence-electron chi connectivity index (χ3n) is 6.78. The first kappa shape index (κ1) is 35.0. The van der Waals surface area contributed by atoms with Crippen LogP contribution in [0.25, 0.3) is 0 Å². The predicted octanol–water partition coefficient (Wildman–Crippen LogP) is 3.55. The van der Waals surface area contributed by atoms with Crippen LogP contribution in [0.4, 0.5) is 26.3 Å². The maximum Gasteiger partial charge on any atom is 0.490 e. The summed E-state index contributed by atoms with van der Waals surface area (Å²) in [6.07, 6.45) is -4.07. The Labute approximate surface area is 242 Å². The quantitative estimate of drug-likeness (QED) is 0.483. The summed E-state index contributed by atoms with van der Waals surface area (Å²) in [6.45, 7) is 5.80.